The van der Waals surface area contributed by atoms with Gasteiger partial charge < -0.3 is 14.8 Å². The van der Waals surface area contributed by atoms with Gasteiger partial charge in [0.1, 0.15) is 28.3 Å². The van der Waals surface area contributed by atoms with E-state index in [0.29, 0.717) is 11.4 Å². The number of nitrogens with one attached hydrogen (secondary N) is 2. The van der Waals surface area contributed by atoms with Gasteiger partial charge >= 0.3 is 0 Å². The van der Waals surface area contributed by atoms with Gasteiger partial charge in [-0.05, 0) is 54.4 Å². The first-order valence-corrected chi connectivity index (χ1v) is 11.2. The van der Waals surface area contributed by atoms with Crippen LogP contribution in [0.15, 0.2) is 77.7 Å². The molecule has 0 aliphatic rings. The maximum Gasteiger partial charge on any atom is 0.245 e. The number of anilines is 1. The van der Waals surface area contributed by atoms with E-state index >= 15 is 0 Å². The van der Waals surface area contributed by atoms with Crippen molar-refractivity contribution in [3.63, 3.8) is 0 Å². The van der Waals surface area contributed by atoms with Crippen LogP contribution in [-0.2, 0) is 21.2 Å². The number of sulfonamides is 1. The third-order valence-electron chi connectivity index (χ3n) is 4.67. The zero-order chi connectivity index (χ0) is 23.1. The van der Waals surface area contributed by atoms with Crippen LogP contribution in [0.5, 0.6) is 11.5 Å². The van der Waals surface area contributed by atoms with Crippen LogP contribution in [0, 0.1) is 5.82 Å². The first-order valence-electron chi connectivity index (χ1n) is 9.67. The Morgan fingerprint density at radius 1 is 0.969 bits per heavy atom. The van der Waals surface area contributed by atoms with E-state index in [4.69, 9.17) is 9.47 Å². The zero-order valence-corrected chi connectivity index (χ0v) is 18.4. The number of ether oxygens (including phenoxy) is 2. The molecule has 2 N–H and O–H groups in total. The molecule has 0 saturated carbocycles. The van der Waals surface area contributed by atoms with E-state index in [9.17, 15) is 17.6 Å². The molecule has 0 aliphatic heterocycles. The quantitative estimate of drug-likeness (QED) is 0.513. The zero-order valence-electron chi connectivity index (χ0n) is 17.5. The summed E-state index contributed by atoms with van der Waals surface area (Å²) in [5, 5.41) is 2.70. The Morgan fingerprint density at radius 3 is 2.28 bits per heavy atom. The van der Waals surface area contributed by atoms with Crippen molar-refractivity contribution in [3.8, 4) is 11.5 Å². The largest absolute Gasteiger partial charge is 0.497 e. The van der Waals surface area contributed by atoms with Gasteiger partial charge in [0.25, 0.3) is 0 Å². The third kappa shape index (κ3) is 5.83. The van der Waals surface area contributed by atoms with Gasteiger partial charge in [-0.25, -0.2) is 12.8 Å². The number of halogens is 1. The molecule has 1 atom stereocenters. The molecule has 3 aromatic rings. The van der Waals surface area contributed by atoms with E-state index in [1.807, 2.05) is 6.07 Å². The van der Waals surface area contributed by atoms with Crippen molar-refractivity contribution < 1.29 is 27.1 Å². The molecule has 0 saturated heterocycles. The van der Waals surface area contributed by atoms with Crippen LogP contribution >= 0.6 is 0 Å². The van der Waals surface area contributed by atoms with E-state index in [-0.39, 0.29) is 12.2 Å². The van der Waals surface area contributed by atoms with Gasteiger partial charge in [-0.3, -0.25) is 4.79 Å². The van der Waals surface area contributed by atoms with Crippen LogP contribution in [0.3, 0.4) is 0 Å². The minimum Gasteiger partial charge on any atom is -0.497 e. The van der Waals surface area contributed by atoms with Crippen molar-refractivity contribution >= 4 is 21.6 Å². The fourth-order valence-electron chi connectivity index (χ4n) is 3.05. The molecule has 1 amide bonds. The summed E-state index contributed by atoms with van der Waals surface area (Å²) in [6, 6.07) is 17.6. The summed E-state index contributed by atoms with van der Waals surface area (Å²) >= 11 is 0. The van der Waals surface area contributed by atoms with Gasteiger partial charge in [-0.1, -0.05) is 30.3 Å². The van der Waals surface area contributed by atoms with Gasteiger partial charge in [0, 0.05) is 5.69 Å². The number of carbonyl (C=O) groups excluding carboxylic acids is 1. The Morgan fingerprint density at radius 2 is 1.66 bits per heavy atom. The Labute approximate surface area is 186 Å². The Hall–Kier alpha value is -3.43. The summed E-state index contributed by atoms with van der Waals surface area (Å²) in [6.45, 7) is 0. The highest BCUT2D eigenvalue weighted by Gasteiger charge is 2.28. The van der Waals surface area contributed by atoms with Gasteiger partial charge in [-0.15, -0.1) is 0 Å². The molecule has 0 aliphatic carbocycles. The number of methoxy groups -OCH3 is 2. The molecule has 32 heavy (non-hydrogen) atoms. The highest BCUT2D eigenvalue weighted by atomic mass is 32.2. The van der Waals surface area contributed by atoms with Crippen LogP contribution in [-0.4, -0.2) is 34.6 Å². The van der Waals surface area contributed by atoms with Crippen molar-refractivity contribution in [3.05, 3.63) is 84.2 Å². The number of benzene rings is 3. The summed E-state index contributed by atoms with van der Waals surface area (Å²) in [6.07, 6.45) is 0.0830. The highest BCUT2D eigenvalue weighted by molar-refractivity contribution is 7.89. The second-order valence-electron chi connectivity index (χ2n) is 6.88. The van der Waals surface area contributed by atoms with Crippen LogP contribution in [0.25, 0.3) is 0 Å². The molecule has 0 heterocycles. The Bertz CT molecular complexity index is 1170. The summed E-state index contributed by atoms with van der Waals surface area (Å²) in [7, 11) is -1.48. The highest BCUT2D eigenvalue weighted by Crippen LogP contribution is 2.25. The maximum absolute atomic E-state index is 13.8. The summed E-state index contributed by atoms with van der Waals surface area (Å²) in [5.74, 6) is -0.734. The lowest BCUT2D eigenvalue weighted by atomic mass is 10.1. The summed E-state index contributed by atoms with van der Waals surface area (Å²) < 4.78 is 52.4. The lowest BCUT2D eigenvalue weighted by Crippen LogP contribution is -2.45. The molecule has 0 aromatic heterocycles. The van der Waals surface area contributed by atoms with E-state index in [0.717, 1.165) is 17.7 Å². The van der Waals surface area contributed by atoms with Crippen molar-refractivity contribution in [2.45, 2.75) is 17.4 Å². The molecule has 0 fully saturated rings. The molecule has 1 unspecified atom stereocenters. The normalized spacial score (nSPS) is 12.1. The van der Waals surface area contributed by atoms with Crippen molar-refractivity contribution in [2.75, 3.05) is 19.5 Å². The SMILES string of the molecule is COc1ccc(NC(=O)C(Cc2ccccc2)NS(=O)(=O)c2cc(F)ccc2OC)cc1. The molecule has 9 heteroatoms. The molecule has 168 valence electrons. The third-order valence-corrected chi connectivity index (χ3v) is 6.16. The first-order chi connectivity index (χ1) is 15.3. The van der Waals surface area contributed by atoms with Gasteiger partial charge in [-0.2, -0.15) is 4.72 Å². The fourth-order valence-corrected chi connectivity index (χ4v) is 4.43. The fraction of sp³-hybridized carbons (Fsp3) is 0.174. The van der Waals surface area contributed by atoms with Gasteiger partial charge in [0.05, 0.1) is 14.2 Å². The van der Waals surface area contributed by atoms with Crippen LogP contribution in [0.2, 0.25) is 0 Å². The molecule has 0 spiro atoms. The average molecular weight is 459 g/mol. The minimum absolute atomic E-state index is 0.0343. The van der Waals surface area contributed by atoms with Gasteiger partial charge in [0.15, 0.2) is 0 Å². The topological polar surface area (TPSA) is 93.7 Å². The molecule has 3 rings (SSSR count). The lowest BCUT2D eigenvalue weighted by molar-refractivity contribution is -0.117. The number of hydrogen-bond acceptors (Lipinski definition) is 5. The summed E-state index contributed by atoms with van der Waals surface area (Å²) in [5.41, 5.74) is 1.22. The predicted molar refractivity (Wildman–Crippen MR) is 119 cm³/mol. The number of hydrogen-bond donors (Lipinski definition) is 2. The molecule has 0 bridgehead atoms. The smallest absolute Gasteiger partial charge is 0.245 e. The van der Waals surface area contributed by atoms with Gasteiger partial charge in [0.2, 0.25) is 15.9 Å². The van der Waals surface area contributed by atoms with Crippen molar-refractivity contribution in [2.24, 2.45) is 0 Å². The van der Waals surface area contributed by atoms with E-state index < -0.39 is 32.7 Å². The predicted octanol–water partition coefficient (Wildman–Crippen LogP) is 3.37. The monoisotopic (exact) mass is 458 g/mol. The second kappa shape index (κ2) is 10.3. The van der Waals surface area contributed by atoms with Crippen molar-refractivity contribution in [1.82, 2.24) is 4.72 Å². The first kappa shape index (κ1) is 23.2. The maximum atomic E-state index is 13.8. The number of amides is 1. The van der Waals surface area contributed by atoms with Crippen molar-refractivity contribution in [1.29, 1.82) is 0 Å². The lowest BCUT2D eigenvalue weighted by Gasteiger charge is -2.20. The summed E-state index contributed by atoms with van der Waals surface area (Å²) in [4.78, 5) is 12.6. The Balaban J connectivity index is 1.89. The molecule has 7 nitrogen and oxygen atoms in total. The van der Waals surface area contributed by atoms with E-state index in [2.05, 4.69) is 10.0 Å². The minimum atomic E-state index is -4.29. The van der Waals surface area contributed by atoms with E-state index in [1.165, 1.54) is 20.3 Å². The average Bonchev–Trinajstić information content (AvgIpc) is 2.79. The van der Waals surface area contributed by atoms with Crippen LogP contribution in [0.4, 0.5) is 10.1 Å². The standard InChI is InChI=1S/C23H23FN2O5S/c1-30-19-11-9-18(10-12-19)25-23(27)20(14-16-6-4-3-5-7-16)26-32(28,29)22-15-17(24)8-13-21(22)31-2/h3-13,15,20,26H,14H2,1-2H3,(H,25,27). The molecule has 3 aromatic carbocycles. The number of rotatable bonds is 9. The van der Waals surface area contributed by atoms with Crippen LogP contribution < -0.4 is 19.5 Å². The molecular weight excluding hydrogens is 435 g/mol. The Kier molecular flexibility index (Phi) is 7.45. The molecule has 0 radical (unpaired) electrons. The van der Waals surface area contributed by atoms with E-state index in [1.54, 1.807) is 48.5 Å². The number of carbonyl (C=O) groups is 1. The molecular formula is C23H23FN2O5S. The van der Waals surface area contributed by atoms with Crippen LogP contribution in [0.1, 0.15) is 5.56 Å². The second-order valence-corrected chi connectivity index (χ2v) is 8.56.